The number of anilines is 2. The second kappa shape index (κ2) is 11.8. The zero-order valence-electron chi connectivity index (χ0n) is 24.2. The van der Waals surface area contributed by atoms with Gasteiger partial charge >= 0.3 is 18.0 Å². The fourth-order valence-corrected chi connectivity index (χ4v) is 5.68. The highest BCUT2D eigenvalue weighted by Gasteiger charge is 2.54. The molecular formula is C32H30F6N4O3. The molecule has 45 heavy (non-hydrogen) atoms. The van der Waals surface area contributed by atoms with Crippen LogP contribution in [0.4, 0.5) is 37.7 Å². The maximum atomic E-state index is 14.6. The van der Waals surface area contributed by atoms with Crippen molar-refractivity contribution in [2.45, 2.75) is 30.9 Å². The van der Waals surface area contributed by atoms with E-state index in [4.69, 9.17) is 9.47 Å². The standard InChI is InChI=1S/C32H30F6N4O3/c1-21(31(19-45-31)27-11-2-22(33)18-28(27)34)41-16-17-42(30(41)43)25-5-3-23(4-6-25)39-12-14-40(15-13-39)24-7-9-26(10-8-24)44-20-32(37,38)29(35)36/h2-11,16-18,21,29H,12-15,19-20H2,1H3/t21-,31+/m1/s1. The molecule has 2 fully saturated rings. The van der Waals surface area contributed by atoms with E-state index in [2.05, 4.69) is 9.80 Å². The van der Waals surface area contributed by atoms with Crippen molar-refractivity contribution < 1.29 is 35.8 Å². The van der Waals surface area contributed by atoms with Crippen LogP contribution in [0, 0.1) is 11.6 Å². The quantitative estimate of drug-likeness (QED) is 0.158. The molecule has 0 radical (unpaired) electrons. The third kappa shape index (κ3) is 6.00. The van der Waals surface area contributed by atoms with Gasteiger partial charge in [-0.3, -0.25) is 9.13 Å². The first-order valence-electron chi connectivity index (χ1n) is 14.4. The smallest absolute Gasteiger partial charge is 0.340 e. The molecule has 2 atom stereocenters. The predicted octanol–water partition coefficient (Wildman–Crippen LogP) is 6.01. The molecule has 2 saturated heterocycles. The zero-order valence-corrected chi connectivity index (χ0v) is 24.2. The van der Waals surface area contributed by atoms with Gasteiger partial charge in [0.15, 0.2) is 6.61 Å². The summed E-state index contributed by atoms with van der Waals surface area (Å²) in [6.45, 7) is 3.36. The van der Waals surface area contributed by atoms with Gasteiger partial charge in [-0.25, -0.2) is 22.4 Å². The second-order valence-electron chi connectivity index (χ2n) is 11.2. The number of ether oxygens (including phenoxy) is 2. The maximum absolute atomic E-state index is 14.6. The minimum absolute atomic E-state index is 0.0869. The highest BCUT2D eigenvalue weighted by atomic mass is 19.3. The molecule has 0 spiro atoms. The van der Waals surface area contributed by atoms with Crippen molar-refractivity contribution in [1.82, 2.24) is 9.13 Å². The topological polar surface area (TPSA) is 55.2 Å². The summed E-state index contributed by atoms with van der Waals surface area (Å²) in [7, 11) is 0. The number of halogens is 6. The molecule has 0 N–H and O–H groups in total. The first kappa shape index (κ1) is 30.6. The number of nitrogens with zero attached hydrogens (tertiary/aromatic N) is 4. The molecule has 238 valence electrons. The number of aromatic nitrogens is 2. The Labute approximate surface area is 254 Å². The highest BCUT2D eigenvalue weighted by Crippen LogP contribution is 2.48. The first-order valence-corrected chi connectivity index (χ1v) is 14.4. The predicted molar refractivity (Wildman–Crippen MR) is 156 cm³/mol. The monoisotopic (exact) mass is 632 g/mol. The lowest BCUT2D eigenvalue weighted by molar-refractivity contribution is -0.148. The number of rotatable bonds is 10. The van der Waals surface area contributed by atoms with E-state index in [0.29, 0.717) is 31.9 Å². The summed E-state index contributed by atoms with van der Waals surface area (Å²) in [5.74, 6) is -5.53. The second-order valence-corrected chi connectivity index (χ2v) is 11.2. The van der Waals surface area contributed by atoms with Gasteiger partial charge in [0.25, 0.3) is 0 Å². The van der Waals surface area contributed by atoms with Gasteiger partial charge in [-0.05, 0) is 61.5 Å². The van der Waals surface area contributed by atoms with Crippen LogP contribution in [0.3, 0.4) is 0 Å². The SMILES string of the molecule is C[C@@H](n1ccn(-c2ccc(N3CCN(c4ccc(OCC(F)(F)C(F)F)cc4)CC3)cc2)c1=O)[C@]1(c2ccc(F)cc2F)CO1. The van der Waals surface area contributed by atoms with Gasteiger partial charge in [-0.1, -0.05) is 6.07 Å². The van der Waals surface area contributed by atoms with Crippen LogP contribution in [0.1, 0.15) is 18.5 Å². The Balaban J connectivity index is 1.07. The van der Waals surface area contributed by atoms with Gasteiger partial charge in [0.2, 0.25) is 0 Å². The van der Waals surface area contributed by atoms with Crippen molar-refractivity contribution in [2.75, 3.05) is 49.2 Å². The molecule has 0 bridgehead atoms. The number of hydrogen-bond acceptors (Lipinski definition) is 5. The van der Waals surface area contributed by atoms with Gasteiger partial charge in [0, 0.05) is 61.6 Å². The van der Waals surface area contributed by atoms with Crippen molar-refractivity contribution in [2.24, 2.45) is 0 Å². The lowest BCUT2D eigenvalue weighted by Gasteiger charge is -2.37. The molecule has 4 aromatic rings. The molecule has 3 heterocycles. The van der Waals surface area contributed by atoms with Crippen LogP contribution >= 0.6 is 0 Å². The van der Waals surface area contributed by atoms with Crippen LogP contribution in [0.25, 0.3) is 5.69 Å². The lowest BCUT2D eigenvalue weighted by Crippen LogP contribution is -2.46. The minimum Gasteiger partial charge on any atom is -0.487 e. The molecule has 13 heteroatoms. The summed E-state index contributed by atoms with van der Waals surface area (Å²) in [5, 5.41) is 0. The number of benzene rings is 3. The average Bonchev–Trinajstić information content (AvgIpc) is 3.75. The molecule has 1 aromatic heterocycles. The van der Waals surface area contributed by atoms with Crippen LogP contribution in [-0.4, -0.2) is 60.9 Å². The zero-order chi connectivity index (χ0) is 31.9. The fraction of sp³-hybridized carbons (Fsp3) is 0.344. The van der Waals surface area contributed by atoms with Crippen LogP contribution in [0.15, 0.2) is 83.9 Å². The first-order chi connectivity index (χ1) is 21.5. The van der Waals surface area contributed by atoms with Crippen molar-refractivity contribution in [3.63, 3.8) is 0 Å². The molecule has 2 aliphatic rings. The van der Waals surface area contributed by atoms with Gasteiger partial charge < -0.3 is 19.3 Å². The Hall–Kier alpha value is -4.39. The Morgan fingerprint density at radius 1 is 0.867 bits per heavy atom. The average molecular weight is 633 g/mol. The fourth-order valence-electron chi connectivity index (χ4n) is 5.68. The van der Waals surface area contributed by atoms with E-state index in [1.165, 1.54) is 33.4 Å². The van der Waals surface area contributed by atoms with Crippen LogP contribution in [0.2, 0.25) is 0 Å². The molecular weight excluding hydrogens is 602 g/mol. The Morgan fingerprint density at radius 3 is 1.96 bits per heavy atom. The Kier molecular flexibility index (Phi) is 8.06. The van der Waals surface area contributed by atoms with Crippen LogP contribution in [-0.2, 0) is 10.3 Å². The van der Waals surface area contributed by atoms with Gasteiger partial charge in [-0.15, -0.1) is 0 Å². The van der Waals surface area contributed by atoms with E-state index in [1.54, 1.807) is 31.5 Å². The summed E-state index contributed by atoms with van der Waals surface area (Å²) < 4.78 is 92.4. The van der Waals surface area contributed by atoms with E-state index in [0.717, 1.165) is 17.4 Å². The molecule has 6 rings (SSSR count). The van der Waals surface area contributed by atoms with Crippen molar-refractivity contribution >= 4 is 11.4 Å². The van der Waals surface area contributed by atoms with Crippen LogP contribution in [0.5, 0.6) is 5.75 Å². The van der Waals surface area contributed by atoms with Gasteiger partial charge in [0.1, 0.15) is 23.0 Å². The van der Waals surface area contributed by atoms with E-state index in [9.17, 15) is 31.1 Å². The van der Waals surface area contributed by atoms with Crippen LogP contribution < -0.4 is 20.2 Å². The summed E-state index contributed by atoms with van der Waals surface area (Å²) in [4.78, 5) is 17.7. The molecule has 0 saturated carbocycles. The van der Waals surface area contributed by atoms with Crippen molar-refractivity contribution in [3.8, 4) is 11.4 Å². The summed E-state index contributed by atoms with van der Waals surface area (Å²) in [6.07, 6.45) is -0.520. The molecule has 7 nitrogen and oxygen atoms in total. The number of epoxide rings is 1. The number of imidazole rings is 1. The van der Waals surface area contributed by atoms with Crippen molar-refractivity contribution in [3.05, 3.63) is 107 Å². The number of piperazine rings is 1. The van der Waals surface area contributed by atoms with E-state index < -0.39 is 42.2 Å². The van der Waals surface area contributed by atoms with E-state index in [1.807, 2.05) is 24.3 Å². The minimum atomic E-state index is -4.21. The largest absolute Gasteiger partial charge is 0.487 e. The summed E-state index contributed by atoms with van der Waals surface area (Å²) in [5.41, 5.74) is 1.32. The maximum Gasteiger partial charge on any atom is 0.340 e. The number of alkyl halides is 4. The molecule has 0 unspecified atom stereocenters. The summed E-state index contributed by atoms with van der Waals surface area (Å²) >= 11 is 0. The Bertz CT molecular complexity index is 1700. The number of hydrogen-bond donors (Lipinski definition) is 0. The Morgan fingerprint density at radius 2 is 1.42 bits per heavy atom. The highest BCUT2D eigenvalue weighted by molar-refractivity contribution is 5.55. The van der Waals surface area contributed by atoms with Gasteiger partial charge in [-0.2, -0.15) is 8.78 Å². The third-order valence-corrected chi connectivity index (χ3v) is 8.46. The lowest BCUT2D eigenvalue weighted by atomic mass is 9.92. The molecule has 0 amide bonds. The molecule has 0 aliphatic carbocycles. The molecule has 3 aromatic carbocycles. The third-order valence-electron chi connectivity index (χ3n) is 8.46. The van der Waals surface area contributed by atoms with E-state index >= 15 is 0 Å². The van der Waals surface area contributed by atoms with Gasteiger partial charge in [0.05, 0.1) is 18.3 Å². The van der Waals surface area contributed by atoms with Crippen molar-refractivity contribution in [1.29, 1.82) is 0 Å². The summed E-state index contributed by atoms with van der Waals surface area (Å²) in [6, 6.07) is 16.7. The van der Waals surface area contributed by atoms with E-state index in [-0.39, 0.29) is 23.6 Å². The molecule has 2 aliphatic heterocycles. The normalized spacial score (nSPS) is 19.2.